The quantitative estimate of drug-likeness (QED) is 0.451. The highest BCUT2D eigenvalue weighted by Crippen LogP contribution is 2.58. The van der Waals surface area contributed by atoms with Crippen molar-refractivity contribution in [1.29, 1.82) is 0 Å². The van der Waals surface area contributed by atoms with Crippen LogP contribution in [0.5, 0.6) is 0 Å². The van der Waals surface area contributed by atoms with Crippen LogP contribution in [0.2, 0.25) is 0 Å². The molecular weight excluding hydrogens is 396 g/mol. The lowest BCUT2D eigenvalue weighted by Gasteiger charge is -2.53. The number of carbonyl (C=O) groups excluding carboxylic acids is 3. The molecule has 3 rings (SSSR count). The van der Waals surface area contributed by atoms with Crippen molar-refractivity contribution in [3.63, 3.8) is 0 Å². The summed E-state index contributed by atoms with van der Waals surface area (Å²) in [5, 5.41) is 22.2. The van der Waals surface area contributed by atoms with Crippen molar-refractivity contribution >= 4 is 17.5 Å². The maximum Gasteiger partial charge on any atom is 0.330 e. The predicted molar refractivity (Wildman–Crippen MR) is 116 cm³/mol. The topological polar surface area (TPSA) is 101 Å². The molecule has 0 aromatic carbocycles. The third-order valence-corrected chi connectivity index (χ3v) is 8.07. The minimum Gasteiger partial charge on any atom is -0.454 e. The number of fused-ring (bicyclic) bond motifs is 1. The highest BCUT2D eigenvalue weighted by atomic mass is 16.5. The summed E-state index contributed by atoms with van der Waals surface area (Å²) in [4.78, 5) is 35.9. The Morgan fingerprint density at radius 2 is 2.06 bits per heavy atom. The van der Waals surface area contributed by atoms with Gasteiger partial charge in [-0.2, -0.15) is 0 Å². The Balaban J connectivity index is 1.80. The number of carbonyl (C=O) groups is 3. The molecule has 0 radical (unpaired) electrons. The lowest BCUT2D eigenvalue weighted by atomic mass is 9.52. The van der Waals surface area contributed by atoms with E-state index >= 15 is 0 Å². The molecule has 0 aliphatic heterocycles. The Labute approximate surface area is 184 Å². The van der Waals surface area contributed by atoms with Gasteiger partial charge in [-0.15, -0.1) is 0 Å². The third kappa shape index (κ3) is 4.70. The molecule has 0 aromatic rings. The molecule has 0 spiro atoms. The van der Waals surface area contributed by atoms with Gasteiger partial charge in [0.25, 0.3) is 0 Å². The molecule has 31 heavy (non-hydrogen) atoms. The standard InChI is InChI=1S/C25H36O6/c1-4-6-20(27)23-19(8-7-17-13-18(26)10-11-24(17,23)3)16-9-12-25(30,14-16)21(28)15-31-22(29)5-2/h5,13,16,19-20,23,27,30H,2,4,6-12,14-15H2,1,3H3. The van der Waals surface area contributed by atoms with Gasteiger partial charge < -0.3 is 14.9 Å². The number of Topliss-reactive ketones (excluding diaryl/α,β-unsaturated/α-hetero) is 1. The summed E-state index contributed by atoms with van der Waals surface area (Å²) >= 11 is 0. The Kier molecular flexibility index (Phi) is 7.21. The number of aliphatic hydroxyl groups is 2. The fraction of sp³-hybridized carbons (Fsp3) is 0.720. The zero-order chi connectivity index (χ0) is 22.8. The highest BCUT2D eigenvalue weighted by molar-refractivity contribution is 5.92. The van der Waals surface area contributed by atoms with Crippen LogP contribution in [0.3, 0.4) is 0 Å². The van der Waals surface area contributed by atoms with E-state index in [1.807, 2.05) is 0 Å². The van der Waals surface area contributed by atoms with E-state index < -0.39 is 30.1 Å². The number of aliphatic hydroxyl groups excluding tert-OH is 1. The molecule has 0 saturated heterocycles. The summed E-state index contributed by atoms with van der Waals surface area (Å²) in [6.07, 6.45) is 8.18. The first kappa shape index (κ1) is 23.9. The third-order valence-electron chi connectivity index (χ3n) is 8.07. The van der Waals surface area contributed by atoms with Crippen LogP contribution in [0.1, 0.15) is 71.6 Å². The van der Waals surface area contributed by atoms with E-state index in [1.54, 1.807) is 6.08 Å². The van der Waals surface area contributed by atoms with E-state index in [1.165, 1.54) is 0 Å². The zero-order valence-corrected chi connectivity index (χ0v) is 18.8. The van der Waals surface area contributed by atoms with Crippen LogP contribution in [-0.4, -0.2) is 46.1 Å². The summed E-state index contributed by atoms with van der Waals surface area (Å²) in [5.74, 6) is -0.695. The number of hydrogen-bond acceptors (Lipinski definition) is 6. The largest absolute Gasteiger partial charge is 0.454 e. The monoisotopic (exact) mass is 432 g/mol. The first-order valence-corrected chi connectivity index (χ1v) is 11.6. The van der Waals surface area contributed by atoms with Crippen molar-refractivity contribution in [3.8, 4) is 0 Å². The van der Waals surface area contributed by atoms with Gasteiger partial charge in [-0.3, -0.25) is 9.59 Å². The first-order chi connectivity index (χ1) is 14.6. The Hall–Kier alpha value is -1.79. The summed E-state index contributed by atoms with van der Waals surface area (Å²) in [6.45, 7) is 7.10. The molecule has 172 valence electrons. The van der Waals surface area contributed by atoms with Crippen molar-refractivity contribution in [2.75, 3.05) is 6.61 Å². The minimum atomic E-state index is -1.49. The van der Waals surface area contributed by atoms with Crippen molar-refractivity contribution in [2.45, 2.75) is 83.3 Å². The van der Waals surface area contributed by atoms with Crippen LogP contribution >= 0.6 is 0 Å². The Bertz CT molecular complexity index is 770. The minimum absolute atomic E-state index is 0.00148. The zero-order valence-electron chi connectivity index (χ0n) is 18.8. The Morgan fingerprint density at radius 3 is 2.74 bits per heavy atom. The molecule has 3 aliphatic carbocycles. The number of esters is 1. The molecular formula is C25H36O6. The fourth-order valence-corrected chi connectivity index (χ4v) is 6.41. The summed E-state index contributed by atoms with van der Waals surface area (Å²) in [6, 6.07) is 0. The molecule has 6 nitrogen and oxygen atoms in total. The van der Waals surface area contributed by atoms with Gasteiger partial charge in [0.05, 0.1) is 6.10 Å². The fourth-order valence-electron chi connectivity index (χ4n) is 6.41. The van der Waals surface area contributed by atoms with E-state index in [2.05, 4.69) is 20.4 Å². The lowest BCUT2D eigenvalue weighted by Crippen LogP contribution is -2.49. The number of hydrogen-bond donors (Lipinski definition) is 2. The highest BCUT2D eigenvalue weighted by Gasteiger charge is 2.54. The van der Waals surface area contributed by atoms with Crippen LogP contribution in [-0.2, 0) is 19.1 Å². The molecule has 0 heterocycles. The van der Waals surface area contributed by atoms with E-state index in [-0.39, 0.29) is 29.0 Å². The van der Waals surface area contributed by atoms with Crippen molar-refractivity contribution in [2.24, 2.45) is 23.2 Å². The average molecular weight is 433 g/mol. The van der Waals surface area contributed by atoms with E-state index in [9.17, 15) is 24.6 Å². The van der Waals surface area contributed by atoms with Gasteiger partial charge >= 0.3 is 5.97 Å². The van der Waals surface area contributed by atoms with Gasteiger partial charge in [0.2, 0.25) is 5.78 Å². The van der Waals surface area contributed by atoms with Crippen LogP contribution in [0, 0.1) is 23.2 Å². The van der Waals surface area contributed by atoms with Gasteiger partial charge in [0.1, 0.15) is 5.60 Å². The van der Waals surface area contributed by atoms with E-state index in [0.717, 1.165) is 37.3 Å². The molecule has 3 aliphatic rings. The van der Waals surface area contributed by atoms with Crippen LogP contribution in [0.4, 0.5) is 0 Å². The van der Waals surface area contributed by atoms with Crippen LogP contribution < -0.4 is 0 Å². The first-order valence-electron chi connectivity index (χ1n) is 11.6. The number of rotatable bonds is 8. The van der Waals surface area contributed by atoms with Gasteiger partial charge in [-0.1, -0.05) is 32.4 Å². The molecule has 6 unspecified atom stereocenters. The van der Waals surface area contributed by atoms with Crippen molar-refractivity contribution in [1.82, 2.24) is 0 Å². The van der Waals surface area contributed by atoms with Crippen LogP contribution in [0.25, 0.3) is 0 Å². The second kappa shape index (κ2) is 9.37. The summed E-state index contributed by atoms with van der Waals surface area (Å²) < 4.78 is 4.85. The van der Waals surface area contributed by atoms with Gasteiger partial charge in [0, 0.05) is 12.5 Å². The maximum atomic E-state index is 12.6. The number of allylic oxidation sites excluding steroid dienone is 2. The SMILES string of the molecule is C=CC(=O)OCC(=O)C1(O)CCC(C2CCC3=CC(=O)CCC3(C)C2C(O)CCC)C1. The van der Waals surface area contributed by atoms with Gasteiger partial charge in [-0.05, 0) is 74.2 Å². The number of ether oxygens (including phenoxy) is 1. The van der Waals surface area contributed by atoms with Gasteiger partial charge in [0.15, 0.2) is 12.4 Å². The molecule has 0 amide bonds. The summed E-state index contributed by atoms with van der Waals surface area (Å²) in [5.41, 5.74) is -0.567. The molecule has 0 aromatic heterocycles. The second-order valence-corrected chi connectivity index (χ2v) is 9.91. The second-order valence-electron chi connectivity index (χ2n) is 9.91. The number of ketones is 2. The predicted octanol–water partition coefficient (Wildman–Crippen LogP) is 3.30. The molecule has 6 atom stereocenters. The molecule has 0 bridgehead atoms. The van der Waals surface area contributed by atoms with E-state index in [0.29, 0.717) is 32.1 Å². The lowest BCUT2D eigenvalue weighted by molar-refractivity contribution is -0.151. The average Bonchev–Trinajstić information content (AvgIpc) is 3.14. The molecule has 2 saturated carbocycles. The normalized spacial score (nSPS) is 36.3. The smallest absolute Gasteiger partial charge is 0.330 e. The summed E-state index contributed by atoms with van der Waals surface area (Å²) in [7, 11) is 0. The van der Waals surface area contributed by atoms with E-state index in [4.69, 9.17) is 4.74 Å². The molecule has 6 heteroatoms. The van der Waals surface area contributed by atoms with Gasteiger partial charge in [-0.25, -0.2) is 4.79 Å². The van der Waals surface area contributed by atoms with Crippen LogP contribution in [0.15, 0.2) is 24.3 Å². The molecule has 2 N–H and O–H groups in total. The molecule has 2 fully saturated rings. The Morgan fingerprint density at radius 1 is 1.32 bits per heavy atom. The van der Waals surface area contributed by atoms with Crippen molar-refractivity contribution in [3.05, 3.63) is 24.3 Å². The maximum absolute atomic E-state index is 12.6. The van der Waals surface area contributed by atoms with Crippen molar-refractivity contribution < 1.29 is 29.3 Å².